The Hall–Kier alpha value is -2.68. The molecule has 1 aromatic heterocycles. The summed E-state index contributed by atoms with van der Waals surface area (Å²) >= 11 is 6.39. The van der Waals surface area contributed by atoms with Crippen molar-refractivity contribution < 1.29 is 19.4 Å². The van der Waals surface area contributed by atoms with E-state index in [2.05, 4.69) is 4.90 Å². The standard InChI is InChI=1S/C22H26N4O5S2/c1-5-25-19(24-10-12(2)31-13(3)11-24)15(14(4)16(9-23)20(25)29)8-17-21(30)26(22(32)33-17)7-6-18(27)28/h8,12-13H,5-7,10-11H2,1-4H3,(H,27,28). The van der Waals surface area contributed by atoms with Crippen molar-refractivity contribution in [3.8, 4) is 6.07 Å². The van der Waals surface area contributed by atoms with E-state index in [0.717, 1.165) is 11.8 Å². The number of pyridine rings is 1. The maximum atomic E-state index is 13.1. The predicted octanol–water partition coefficient (Wildman–Crippen LogP) is 2.34. The highest BCUT2D eigenvalue weighted by Crippen LogP contribution is 2.36. The van der Waals surface area contributed by atoms with Crippen molar-refractivity contribution in [1.29, 1.82) is 5.26 Å². The lowest BCUT2D eigenvalue weighted by molar-refractivity contribution is -0.137. The highest BCUT2D eigenvalue weighted by Gasteiger charge is 2.34. The van der Waals surface area contributed by atoms with Gasteiger partial charge in [0.05, 0.1) is 23.5 Å². The topological polar surface area (TPSA) is 116 Å². The zero-order chi connectivity index (χ0) is 24.4. The Morgan fingerprint density at radius 1 is 1.33 bits per heavy atom. The zero-order valence-corrected chi connectivity index (χ0v) is 20.6. The number of nitriles is 1. The van der Waals surface area contributed by atoms with Gasteiger partial charge in [-0.2, -0.15) is 5.26 Å². The quantitative estimate of drug-likeness (QED) is 0.474. The molecular formula is C22H26N4O5S2. The number of morpholine rings is 1. The van der Waals surface area contributed by atoms with E-state index >= 15 is 0 Å². The monoisotopic (exact) mass is 490 g/mol. The number of aromatic nitrogens is 1. The fraction of sp³-hybridized carbons (Fsp3) is 0.500. The molecule has 1 aromatic rings. The van der Waals surface area contributed by atoms with Crippen molar-refractivity contribution in [2.75, 3.05) is 24.5 Å². The van der Waals surface area contributed by atoms with Crippen LogP contribution in [0.25, 0.3) is 6.08 Å². The van der Waals surface area contributed by atoms with Crippen molar-refractivity contribution in [2.24, 2.45) is 0 Å². The predicted molar refractivity (Wildman–Crippen MR) is 130 cm³/mol. The number of hydrogen-bond donors (Lipinski definition) is 1. The highest BCUT2D eigenvalue weighted by molar-refractivity contribution is 8.26. The second-order valence-corrected chi connectivity index (χ2v) is 9.71. The highest BCUT2D eigenvalue weighted by atomic mass is 32.2. The number of nitrogens with zero attached hydrogens (tertiary/aromatic N) is 4. The minimum atomic E-state index is -1.02. The van der Waals surface area contributed by atoms with Crippen LogP contribution in [0.2, 0.25) is 0 Å². The summed E-state index contributed by atoms with van der Waals surface area (Å²) in [7, 11) is 0. The summed E-state index contributed by atoms with van der Waals surface area (Å²) in [6.45, 7) is 8.90. The third-order valence-electron chi connectivity index (χ3n) is 5.58. The molecule has 2 atom stereocenters. The summed E-state index contributed by atoms with van der Waals surface area (Å²) in [5.74, 6) is -0.764. The molecule has 2 fully saturated rings. The van der Waals surface area contributed by atoms with Gasteiger partial charge in [-0.05, 0) is 39.3 Å². The Balaban J connectivity index is 2.17. The van der Waals surface area contributed by atoms with E-state index in [-0.39, 0.29) is 46.5 Å². The lowest BCUT2D eigenvalue weighted by Crippen LogP contribution is -2.48. The Morgan fingerprint density at radius 2 is 1.97 bits per heavy atom. The normalized spacial score (nSPS) is 22.2. The molecule has 0 saturated carbocycles. The van der Waals surface area contributed by atoms with E-state index in [1.165, 1.54) is 4.90 Å². The molecule has 2 unspecified atom stereocenters. The molecule has 3 rings (SSSR count). The smallest absolute Gasteiger partial charge is 0.305 e. The first kappa shape index (κ1) is 25.0. The molecule has 9 nitrogen and oxygen atoms in total. The van der Waals surface area contributed by atoms with Crippen LogP contribution in [0.5, 0.6) is 0 Å². The molecule has 3 heterocycles. The minimum Gasteiger partial charge on any atom is -0.481 e. The molecular weight excluding hydrogens is 464 g/mol. The van der Waals surface area contributed by atoms with Crippen LogP contribution in [0.1, 0.15) is 43.9 Å². The summed E-state index contributed by atoms with van der Waals surface area (Å²) in [5, 5.41) is 18.6. The lowest BCUT2D eigenvalue weighted by atomic mass is 10.0. The van der Waals surface area contributed by atoms with Crippen molar-refractivity contribution in [2.45, 2.75) is 52.9 Å². The number of carbonyl (C=O) groups excluding carboxylic acids is 1. The van der Waals surface area contributed by atoms with Crippen LogP contribution in [0.4, 0.5) is 5.82 Å². The first-order chi connectivity index (χ1) is 15.6. The number of carbonyl (C=O) groups is 2. The fourth-order valence-electron chi connectivity index (χ4n) is 4.16. The average molecular weight is 491 g/mol. The molecule has 2 aliphatic rings. The van der Waals surface area contributed by atoms with E-state index in [9.17, 15) is 19.6 Å². The number of rotatable bonds is 6. The number of thioether (sulfide) groups is 1. The van der Waals surface area contributed by atoms with Crippen LogP contribution in [-0.4, -0.2) is 62.6 Å². The Bertz CT molecular complexity index is 1130. The number of carboxylic acids is 1. The molecule has 33 heavy (non-hydrogen) atoms. The van der Waals surface area contributed by atoms with Crippen molar-refractivity contribution in [3.63, 3.8) is 0 Å². The van der Waals surface area contributed by atoms with Gasteiger partial charge in [-0.1, -0.05) is 24.0 Å². The van der Waals surface area contributed by atoms with E-state index in [0.29, 0.717) is 41.5 Å². The van der Waals surface area contributed by atoms with Gasteiger partial charge in [-0.15, -0.1) is 0 Å². The molecule has 1 amide bonds. The number of ether oxygens (including phenoxy) is 1. The van der Waals surface area contributed by atoms with E-state index < -0.39 is 5.97 Å². The Labute approximate surface area is 201 Å². The number of aliphatic carboxylic acids is 1. The molecule has 0 aliphatic carbocycles. The van der Waals surface area contributed by atoms with Gasteiger partial charge in [-0.25, -0.2) is 0 Å². The van der Waals surface area contributed by atoms with E-state index in [1.54, 1.807) is 17.6 Å². The van der Waals surface area contributed by atoms with Gasteiger partial charge in [0.15, 0.2) is 0 Å². The fourth-order valence-corrected chi connectivity index (χ4v) is 5.45. The molecule has 0 radical (unpaired) electrons. The minimum absolute atomic E-state index is 0.0143. The Kier molecular flexibility index (Phi) is 7.62. The van der Waals surface area contributed by atoms with Crippen molar-refractivity contribution >= 4 is 52.1 Å². The molecule has 0 spiro atoms. The molecule has 0 aromatic carbocycles. The molecule has 0 bridgehead atoms. The van der Waals surface area contributed by atoms with Crippen LogP contribution in [0.15, 0.2) is 9.70 Å². The van der Waals surface area contributed by atoms with Crippen LogP contribution >= 0.6 is 24.0 Å². The maximum Gasteiger partial charge on any atom is 0.305 e. The van der Waals surface area contributed by atoms with Gasteiger partial charge in [-0.3, -0.25) is 23.9 Å². The third-order valence-corrected chi connectivity index (χ3v) is 6.96. The number of thiocarbonyl (C=S) groups is 1. The molecule has 2 saturated heterocycles. The first-order valence-corrected chi connectivity index (χ1v) is 11.9. The molecule has 11 heteroatoms. The zero-order valence-electron chi connectivity index (χ0n) is 19.0. The summed E-state index contributed by atoms with van der Waals surface area (Å²) in [6.07, 6.45) is 1.33. The Morgan fingerprint density at radius 3 is 2.52 bits per heavy atom. The second-order valence-electron chi connectivity index (χ2n) is 8.04. The van der Waals surface area contributed by atoms with Gasteiger partial charge in [0.25, 0.3) is 11.5 Å². The number of hydrogen-bond acceptors (Lipinski definition) is 8. The summed E-state index contributed by atoms with van der Waals surface area (Å²) in [4.78, 5) is 40.7. The first-order valence-electron chi connectivity index (χ1n) is 10.6. The van der Waals surface area contributed by atoms with Crippen LogP contribution in [0.3, 0.4) is 0 Å². The van der Waals surface area contributed by atoms with Crippen LogP contribution in [-0.2, 0) is 20.9 Å². The number of carboxylic acid groups (broad SMARTS) is 1. The average Bonchev–Trinajstić information content (AvgIpc) is 3.00. The third kappa shape index (κ3) is 4.98. The number of anilines is 1. The largest absolute Gasteiger partial charge is 0.481 e. The van der Waals surface area contributed by atoms with Gasteiger partial charge >= 0.3 is 5.97 Å². The lowest BCUT2D eigenvalue weighted by Gasteiger charge is -2.39. The summed E-state index contributed by atoms with van der Waals surface area (Å²) < 4.78 is 7.70. The SMILES string of the molecule is CCn1c(N2CC(C)OC(C)C2)c(C=C2SC(=S)N(CCC(=O)O)C2=O)c(C)c(C#N)c1=O. The van der Waals surface area contributed by atoms with Gasteiger partial charge < -0.3 is 14.7 Å². The van der Waals surface area contributed by atoms with Gasteiger partial charge in [0.2, 0.25) is 0 Å². The van der Waals surface area contributed by atoms with E-state index in [1.807, 2.05) is 26.8 Å². The van der Waals surface area contributed by atoms with Crippen LogP contribution in [0, 0.1) is 18.3 Å². The second kappa shape index (κ2) is 10.1. The molecule has 1 N–H and O–H groups in total. The van der Waals surface area contributed by atoms with Crippen molar-refractivity contribution in [1.82, 2.24) is 9.47 Å². The molecule has 176 valence electrons. The van der Waals surface area contributed by atoms with Gasteiger partial charge in [0.1, 0.15) is 21.8 Å². The van der Waals surface area contributed by atoms with Crippen molar-refractivity contribution in [3.05, 3.63) is 31.9 Å². The van der Waals surface area contributed by atoms with Gasteiger partial charge in [0, 0.05) is 31.7 Å². The molecule has 2 aliphatic heterocycles. The van der Waals surface area contributed by atoms with Crippen LogP contribution < -0.4 is 10.5 Å². The summed E-state index contributed by atoms with van der Waals surface area (Å²) in [5.41, 5.74) is 0.755. The van der Waals surface area contributed by atoms with E-state index in [4.69, 9.17) is 22.1 Å². The number of amides is 1. The maximum absolute atomic E-state index is 13.1. The summed E-state index contributed by atoms with van der Waals surface area (Å²) in [6, 6.07) is 2.01.